The van der Waals surface area contributed by atoms with Crippen molar-refractivity contribution in [2.75, 3.05) is 7.05 Å². The smallest absolute Gasteiger partial charge is 0.232 e. The molecular weight excluding hydrogens is 240 g/mol. The standard InChI is InChI=1S/C15H22N2O2/c1-4-12(2)16-14(18)10-15(19)17(3)11-13-8-6-5-7-9-13/h5-9,12H,4,10-11H2,1-3H3,(H,16,18). The Morgan fingerprint density at radius 1 is 1.26 bits per heavy atom. The molecule has 1 atom stereocenters. The van der Waals surface area contributed by atoms with Crippen molar-refractivity contribution in [3.63, 3.8) is 0 Å². The largest absolute Gasteiger partial charge is 0.353 e. The van der Waals surface area contributed by atoms with Crippen LogP contribution in [0.1, 0.15) is 32.3 Å². The van der Waals surface area contributed by atoms with Gasteiger partial charge in [-0.15, -0.1) is 0 Å². The minimum Gasteiger partial charge on any atom is -0.353 e. The summed E-state index contributed by atoms with van der Waals surface area (Å²) in [6.07, 6.45) is 0.771. The SMILES string of the molecule is CCC(C)NC(=O)CC(=O)N(C)Cc1ccccc1. The predicted octanol–water partition coefficient (Wildman–Crippen LogP) is 1.95. The fraction of sp³-hybridized carbons (Fsp3) is 0.467. The first-order valence-corrected chi connectivity index (χ1v) is 6.60. The normalized spacial score (nSPS) is 11.7. The molecule has 1 aromatic carbocycles. The molecule has 0 bridgehead atoms. The third-order valence-corrected chi connectivity index (χ3v) is 3.02. The van der Waals surface area contributed by atoms with Crippen LogP contribution < -0.4 is 5.32 Å². The van der Waals surface area contributed by atoms with Crippen molar-refractivity contribution in [3.8, 4) is 0 Å². The zero-order valence-corrected chi connectivity index (χ0v) is 11.8. The van der Waals surface area contributed by atoms with E-state index in [0.29, 0.717) is 6.54 Å². The van der Waals surface area contributed by atoms with Gasteiger partial charge in [-0.25, -0.2) is 0 Å². The zero-order chi connectivity index (χ0) is 14.3. The van der Waals surface area contributed by atoms with E-state index >= 15 is 0 Å². The van der Waals surface area contributed by atoms with Gasteiger partial charge in [0.2, 0.25) is 11.8 Å². The van der Waals surface area contributed by atoms with Crippen LogP contribution in [0.15, 0.2) is 30.3 Å². The first-order chi connectivity index (χ1) is 9.02. The Labute approximate surface area is 114 Å². The Morgan fingerprint density at radius 3 is 2.47 bits per heavy atom. The lowest BCUT2D eigenvalue weighted by Crippen LogP contribution is -2.36. The minimum absolute atomic E-state index is 0.0896. The fourth-order valence-corrected chi connectivity index (χ4v) is 1.65. The second kappa shape index (κ2) is 7.56. The van der Waals surface area contributed by atoms with E-state index in [2.05, 4.69) is 5.32 Å². The molecule has 0 aromatic heterocycles. The maximum Gasteiger partial charge on any atom is 0.232 e. The lowest BCUT2D eigenvalue weighted by atomic mass is 10.2. The fourth-order valence-electron chi connectivity index (χ4n) is 1.65. The van der Waals surface area contributed by atoms with Gasteiger partial charge in [0.05, 0.1) is 0 Å². The highest BCUT2D eigenvalue weighted by molar-refractivity contribution is 5.96. The molecule has 19 heavy (non-hydrogen) atoms. The number of nitrogens with one attached hydrogen (secondary N) is 1. The minimum atomic E-state index is -0.209. The van der Waals surface area contributed by atoms with Crippen LogP contribution in [-0.2, 0) is 16.1 Å². The molecule has 0 aliphatic rings. The van der Waals surface area contributed by atoms with E-state index in [4.69, 9.17) is 0 Å². The first kappa shape index (κ1) is 15.2. The number of nitrogens with zero attached hydrogens (tertiary/aromatic N) is 1. The molecule has 1 unspecified atom stereocenters. The number of hydrogen-bond acceptors (Lipinski definition) is 2. The number of hydrogen-bond donors (Lipinski definition) is 1. The third-order valence-electron chi connectivity index (χ3n) is 3.02. The van der Waals surface area contributed by atoms with Crippen molar-refractivity contribution in [3.05, 3.63) is 35.9 Å². The highest BCUT2D eigenvalue weighted by Gasteiger charge is 2.15. The van der Waals surface area contributed by atoms with Crippen LogP contribution in [0.4, 0.5) is 0 Å². The quantitative estimate of drug-likeness (QED) is 0.797. The number of benzene rings is 1. The van der Waals surface area contributed by atoms with Crippen molar-refractivity contribution in [2.24, 2.45) is 0 Å². The summed E-state index contributed by atoms with van der Waals surface area (Å²) in [4.78, 5) is 25.1. The topological polar surface area (TPSA) is 49.4 Å². The maximum absolute atomic E-state index is 11.9. The average Bonchev–Trinajstić information content (AvgIpc) is 2.39. The molecule has 0 spiro atoms. The second-order valence-electron chi connectivity index (χ2n) is 4.79. The van der Waals surface area contributed by atoms with E-state index in [1.54, 1.807) is 11.9 Å². The monoisotopic (exact) mass is 262 g/mol. The molecule has 0 aliphatic heterocycles. The molecule has 4 heteroatoms. The first-order valence-electron chi connectivity index (χ1n) is 6.60. The summed E-state index contributed by atoms with van der Waals surface area (Å²) in [6, 6.07) is 9.84. The Bertz CT molecular complexity index is 417. The Kier molecular flexibility index (Phi) is 6.06. The van der Waals surface area contributed by atoms with Crippen molar-refractivity contribution < 1.29 is 9.59 Å². The summed E-state index contributed by atoms with van der Waals surface area (Å²) >= 11 is 0. The van der Waals surface area contributed by atoms with Crippen molar-refractivity contribution in [1.29, 1.82) is 0 Å². The van der Waals surface area contributed by atoms with Crippen LogP contribution in [0.2, 0.25) is 0 Å². The molecule has 4 nitrogen and oxygen atoms in total. The molecule has 1 N–H and O–H groups in total. The molecule has 0 fully saturated rings. The maximum atomic E-state index is 11.9. The van der Waals surface area contributed by atoms with Gasteiger partial charge in [0, 0.05) is 19.6 Å². The second-order valence-corrected chi connectivity index (χ2v) is 4.79. The van der Waals surface area contributed by atoms with Crippen molar-refractivity contribution >= 4 is 11.8 Å². The molecular formula is C15H22N2O2. The van der Waals surface area contributed by atoms with Gasteiger partial charge in [-0.1, -0.05) is 37.3 Å². The molecule has 1 aromatic rings. The highest BCUT2D eigenvalue weighted by atomic mass is 16.2. The Balaban J connectivity index is 2.43. The number of rotatable bonds is 6. The Morgan fingerprint density at radius 2 is 1.89 bits per heavy atom. The molecule has 0 aliphatic carbocycles. The van der Waals surface area contributed by atoms with Crippen LogP contribution >= 0.6 is 0 Å². The lowest BCUT2D eigenvalue weighted by Gasteiger charge is -2.18. The van der Waals surface area contributed by atoms with Gasteiger partial charge in [-0.2, -0.15) is 0 Å². The van der Waals surface area contributed by atoms with Gasteiger partial charge < -0.3 is 10.2 Å². The summed E-state index contributed by atoms with van der Waals surface area (Å²) in [5.74, 6) is -0.371. The summed E-state index contributed by atoms with van der Waals surface area (Å²) < 4.78 is 0. The van der Waals surface area contributed by atoms with Crippen LogP contribution in [0.5, 0.6) is 0 Å². The van der Waals surface area contributed by atoms with Gasteiger partial charge in [0.15, 0.2) is 0 Å². The molecule has 2 amide bonds. The van der Waals surface area contributed by atoms with Crippen molar-refractivity contribution in [1.82, 2.24) is 10.2 Å². The molecule has 0 radical (unpaired) electrons. The molecule has 0 heterocycles. The number of carbonyl (C=O) groups is 2. The van der Waals surface area contributed by atoms with Crippen LogP contribution in [0, 0.1) is 0 Å². The van der Waals surface area contributed by atoms with E-state index in [0.717, 1.165) is 12.0 Å². The van der Waals surface area contributed by atoms with Gasteiger partial charge in [0.1, 0.15) is 6.42 Å². The van der Waals surface area contributed by atoms with E-state index in [9.17, 15) is 9.59 Å². The summed E-state index contributed by atoms with van der Waals surface area (Å²) in [5.41, 5.74) is 1.06. The van der Waals surface area contributed by atoms with Crippen LogP contribution in [0.3, 0.4) is 0 Å². The van der Waals surface area contributed by atoms with E-state index in [1.807, 2.05) is 44.2 Å². The summed E-state index contributed by atoms with van der Waals surface area (Å²) in [6.45, 7) is 4.45. The third kappa shape index (κ3) is 5.55. The summed E-state index contributed by atoms with van der Waals surface area (Å²) in [5, 5.41) is 2.79. The molecule has 0 saturated heterocycles. The van der Waals surface area contributed by atoms with Crippen molar-refractivity contribution in [2.45, 2.75) is 39.3 Å². The van der Waals surface area contributed by atoms with E-state index in [-0.39, 0.29) is 24.3 Å². The average molecular weight is 262 g/mol. The van der Waals surface area contributed by atoms with Gasteiger partial charge >= 0.3 is 0 Å². The zero-order valence-electron chi connectivity index (χ0n) is 11.8. The Hall–Kier alpha value is -1.84. The summed E-state index contributed by atoms with van der Waals surface area (Å²) in [7, 11) is 1.71. The number of carbonyl (C=O) groups excluding carboxylic acids is 2. The van der Waals surface area contributed by atoms with Gasteiger partial charge in [-0.05, 0) is 18.9 Å². The van der Waals surface area contributed by atoms with E-state index in [1.165, 1.54) is 0 Å². The number of amides is 2. The lowest BCUT2D eigenvalue weighted by molar-refractivity contribution is -0.135. The highest BCUT2D eigenvalue weighted by Crippen LogP contribution is 2.04. The predicted molar refractivity (Wildman–Crippen MR) is 75.4 cm³/mol. The van der Waals surface area contributed by atoms with E-state index < -0.39 is 0 Å². The van der Waals surface area contributed by atoms with Crippen LogP contribution in [-0.4, -0.2) is 29.8 Å². The van der Waals surface area contributed by atoms with Gasteiger partial charge in [-0.3, -0.25) is 9.59 Å². The molecule has 0 saturated carbocycles. The molecule has 1 rings (SSSR count). The van der Waals surface area contributed by atoms with Gasteiger partial charge in [0.25, 0.3) is 0 Å². The van der Waals surface area contributed by atoms with Crippen LogP contribution in [0.25, 0.3) is 0 Å². The molecule has 104 valence electrons.